The summed E-state index contributed by atoms with van der Waals surface area (Å²) in [5, 5.41) is 14.9. The highest BCUT2D eigenvalue weighted by Crippen LogP contribution is 2.00. The lowest BCUT2D eigenvalue weighted by atomic mass is 10.1. The SMILES string of the molecule is COCCCNC(=NCc1nnc(C)n1C)NCCc1ccccc1. The number of hydrogen-bond donors (Lipinski definition) is 2. The Morgan fingerprint density at radius 3 is 2.60 bits per heavy atom. The first-order chi connectivity index (χ1) is 12.2. The minimum atomic E-state index is 0.488. The van der Waals surface area contributed by atoms with Crippen LogP contribution >= 0.6 is 0 Å². The zero-order valence-corrected chi connectivity index (χ0v) is 15.3. The molecule has 0 saturated carbocycles. The van der Waals surface area contributed by atoms with Gasteiger partial charge >= 0.3 is 0 Å². The molecule has 7 heteroatoms. The maximum absolute atomic E-state index is 5.09. The van der Waals surface area contributed by atoms with Crippen molar-refractivity contribution in [1.82, 2.24) is 25.4 Å². The van der Waals surface area contributed by atoms with E-state index in [-0.39, 0.29) is 0 Å². The molecule has 7 nitrogen and oxygen atoms in total. The normalized spacial score (nSPS) is 11.6. The van der Waals surface area contributed by atoms with Crippen molar-refractivity contribution in [2.75, 3.05) is 26.8 Å². The van der Waals surface area contributed by atoms with Crippen molar-refractivity contribution in [1.29, 1.82) is 0 Å². The molecule has 0 radical (unpaired) electrons. The van der Waals surface area contributed by atoms with Gasteiger partial charge in [-0.1, -0.05) is 30.3 Å². The summed E-state index contributed by atoms with van der Waals surface area (Å²) in [4.78, 5) is 4.63. The number of nitrogens with zero attached hydrogens (tertiary/aromatic N) is 4. The van der Waals surface area contributed by atoms with Gasteiger partial charge in [-0.05, 0) is 25.3 Å². The fourth-order valence-electron chi connectivity index (χ4n) is 2.31. The molecule has 25 heavy (non-hydrogen) atoms. The van der Waals surface area contributed by atoms with E-state index in [0.717, 1.165) is 50.1 Å². The third-order valence-corrected chi connectivity index (χ3v) is 3.93. The van der Waals surface area contributed by atoms with E-state index in [0.29, 0.717) is 6.54 Å². The minimum Gasteiger partial charge on any atom is -0.385 e. The van der Waals surface area contributed by atoms with Crippen LogP contribution in [0.5, 0.6) is 0 Å². The molecule has 0 aliphatic carbocycles. The van der Waals surface area contributed by atoms with E-state index in [1.807, 2.05) is 24.6 Å². The van der Waals surface area contributed by atoms with Crippen molar-refractivity contribution >= 4 is 5.96 Å². The molecule has 1 aromatic heterocycles. The van der Waals surface area contributed by atoms with E-state index in [4.69, 9.17) is 4.74 Å². The number of nitrogens with one attached hydrogen (secondary N) is 2. The average molecular weight is 344 g/mol. The predicted molar refractivity (Wildman–Crippen MR) is 99.5 cm³/mol. The summed E-state index contributed by atoms with van der Waals surface area (Å²) in [5.41, 5.74) is 1.30. The Balaban J connectivity index is 1.89. The summed E-state index contributed by atoms with van der Waals surface area (Å²) in [6.45, 7) is 4.78. The molecule has 1 heterocycles. The first kappa shape index (κ1) is 18.9. The molecule has 0 aliphatic heterocycles. The van der Waals surface area contributed by atoms with Crippen molar-refractivity contribution in [3.05, 3.63) is 47.5 Å². The number of ether oxygens (including phenoxy) is 1. The molecule has 0 aliphatic rings. The first-order valence-corrected chi connectivity index (χ1v) is 8.60. The van der Waals surface area contributed by atoms with Crippen LogP contribution in [-0.4, -0.2) is 47.5 Å². The number of aliphatic imine (C=N–C) groups is 1. The highest BCUT2D eigenvalue weighted by molar-refractivity contribution is 5.79. The monoisotopic (exact) mass is 344 g/mol. The van der Waals surface area contributed by atoms with Crippen LogP contribution in [0.2, 0.25) is 0 Å². The van der Waals surface area contributed by atoms with Gasteiger partial charge in [0, 0.05) is 33.9 Å². The van der Waals surface area contributed by atoms with E-state index >= 15 is 0 Å². The second-order valence-electron chi connectivity index (χ2n) is 5.82. The topological polar surface area (TPSA) is 76.4 Å². The Morgan fingerprint density at radius 1 is 1.16 bits per heavy atom. The average Bonchev–Trinajstić information content (AvgIpc) is 2.95. The molecule has 2 rings (SSSR count). The highest BCUT2D eigenvalue weighted by atomic mass is 16.5. The van der Waals surface area contributed by atoms with Crippen LogP contribution in [0.1, 0.15) is 23.6 Å². The Hall–Kier alpha value is -2.41. The molecule has 0 saturated heterocycles. The van der Waals surface area contributed by atoms with Crippen LogP contribution in [0.4, 0.5) is 0 Å². The zero-order valence-electron chi connectivity index (χ0n) is 15.3. The van der Waals surface area contributed by atoms with Gasteiger partial charge in [0.15, 0.2) is 11.8 Å². The fraction of sp³-hybridized carbons (Fsp3) is 0.500. The first-order valence-electron chi connectivity index (χ1n) is 8.60. The number of methoxy groups -OCH3 is 1. The van der Waals surface area contributed by atoms with Crippen molar-refractivity contribution in [3.63, 3.8) is 0 Å². The van der Waals surface area contributed by atoms with Crippen LogP contribution in [0, 0.1) is 6.92 Å². The third-order valence-electron chi connectivity index (χ3n) is 3.93. The minimum absolute atomic E-state index is 0.488. The Kier molecular flexibility index (Phi) is 7.91. The van der Waals surface area contributed by atoms with Gasteiger partial charge in [0.2, 0.25) is 0 Å². The number of aromatic nitrogens is 3. The van der Waals surface area contributed by atoms with Gasteiger partial charge in [-0.25, -0.2) is 4.99 Å². The molecule has 0 spiro atoms. The zero-order chi connectivity index (χ0) is 17.9. The lowest BCUT2D eigenvalue weighted by molar-refractivity contribution is 0.195. The van der Waals surface area contributed by atoms with Gasteiger partial charge in [0.05, 0.1) is 0 Å². The van der Waals surface area contributed by atoms with Gasteiger partial charge in [0.1, 0.15) is 12.4 Å². The van der Waals surface area contributed by atoms with Crippen molar-refractivity contribution in [3.8, 4) is 0 Å². The van der Waals surface area contributed by atoms with E-state index in [1.165, 1.54) is 5.56 Å². The van der Waals surface area contributed by atoms with Gasteiger partial charge in [-0.15, -0.1) is 10.2 Å². The third kappa shape index (κ3) is 6.54. The van der Waals surface area contributed by atoms with Crippen LogP contribution in [0.15, 0.2) is 35.3 Å². The standard InChI is InChI=1S/C18H28N6O/c1-15-22-23-17(24(15)2)14-21-18(19-11-7-13-25-3)20-12-10-16-8-5-4-6-9-16/h4-6,8-9H,7,10-14H2,1-3H3,(H2,19,20,21). The van der Waals surface area contributed by atoms with Crippen molar-refractivity contribution in [2.45, 2.75) is 26.3 Å². The summed E-state index contributed by atoms with van der Waals surface area (Å²) in [5.74, 6) is 2.52. The molecule has 136 valence electrons. The smallest absolute Gasteiger partial charge is 0.191 e. The molecule has 2 N–H and O–H groups in total. The van der Waals surface area contributed by atoms with Crippen LogP contribution in [-0.2, 0) is 24.8 Å². The summed E-state index contributed by atoms with van der Waals surface area (Å²) >= 11 is 0. The second kappa shape index (κ2) is 10.5. The number of hydrogen-bond acceptors (Lipinski definition) is 4. The number of rotatable bonds is 9. The molecule has 2 aromatic rings. The van der Waals surface area contributed by atoms with E-state index in [9.17, 15) is 0 Å². The van der Waals surface area contributed by atoms with E-state index in [2.05, 4.69) is 50.1 Å². The maximum atomic E-state index is 5.09. The van der Waals surface area contributed by atoms with Gasteiger partial charge in [0.25, 0.3) is 0 Å². The number of aryl methyl sites for hydroxylation is 1. The summed E-state index contributed by atoms with van der Waals surface area (Å²) < 4.78 is 7.04. The summed E-state index contributed by atoms with van der Waals surface area (Å²) in [7, 11) is 3.66. The van der Waals surface area contributed by atoms with Crippen LogP contribution in [0.3, 0.4) is 0 Å². The molecule has 0 bridgehead atoms. The predicted octanol–water partition coefficient (Wildman–Crippen LogP) is 1.44. The maximum Gasteiger partial charge on any atom is 0.191 e. The summed E-state index contributed by atoms with van der Waals surface area (Å²) in [6, 6.07) is 10.4. The fourth-order valence-corrected chi connectivity index (χ4v) is 2.31. The van der Waals surface area contributed by atoms with Crippen LogP contribution in [0.25, 0.3) is 0 Å². The lowest BCUT2D eigenvalue weighted by Crippen LogP contribution is -2.39. The van der Waals surface area contributed by atoms with Crippen molar-refractivity contribution in [2.24, 2.45) is 12.0 Å². The highest BCUT2D eigenvalue weighted by Gasteiger charge is 2.05. The van der Waals surface area contributed by atoms with Gasteiger partial charge in [-0.2, -0.15) is 0 Å². The Labute approximate surface area is 149 Å². The van der Waals surface area contributed by atoms with E-state index in [1.54, 1.807) is 7.11 Å². The molecule has 0 atom stereocenters. The molecular formula is C18H28N6O. The molecule has 0 unspecified atom stereocenters. The van der Waals surface area contributed by atoms with Gasteiger partial charge in [-0.3, -0.25) is 0 Å². The lowest BCUT2D eigenvalue weighted by Gasteiger charge is -2.12. The number of benzene rings is 1. The molecular weight excluding hydrogens is 316 g/mol. The summed E-state index contributed by atoms with van der Waals surface area (Å²) in [6.07, 6.45) is 1.88. The van der Waals surface area contributed by atoms with Crippen LogP contribution < -0.4 is 10.6 Å². The van der Waals surface area contributed by atoms with E-state index < -0.39 is 0 Å². The molecule has 0 fully saturated rings. The Morgan fingerprint density at radius 2 is 1.92 bits per heavy atom. The van der Waals surface area contributed by atoms with Crippen molar-refractivity contribution < 1.29 is 4.74 Å². The molecule has 0 amide bonds. The Bertz CT molecular complexity index is 653. The quantitative estimate of drug-likeness (QED) is 0.409. The second-order valence-corrected chi connectivity index (χ2v) is 5.82. The molecule has 1 aromatic carbocycles. The van der Waals surface area contributed by atoms with Gasteiger partial charge < -0.3 is 19.9 Å². The number of guanidine groups is 1. The largest absolute Gasteiger partial charge is 0.385 e.